The molecule has 1 aliphatic heterocycles. The van der Waals surface area contributed by atoms with Gasteiger partial charge in [0.15, 0.2) is 12.2 Å². The van der Waals surface area contributed by atoms with E-state index in [0.29, 0.717) is 29.2 Å². The van der Waals surface area contributed by atoms with Crippen molar-refractivity contribution in [2.45, 2.75) is 71.2 Å². The highest BCUT2D eigenvalue weighted by atomic mass is 35.5. The highest BCUT2D eigenvalue weighted by Crippen LogP contribution is 2.44. The topological polar surface area (TPSA) is 133 Å². The van der Waals surface area contributed by atoms with E-state index in [1.165, 1.54) is 14.0 Å². The summed E-state index contributed by atoms with van der Waals surface area (Å²) in [4.78, 5) is 48.4. The van der Waals surface area contributed by atoms with Gasteiger partial charge in [-0.3, -0.25) is 19.2 Å². The highest BCUT2D eigenvalue weighted by Gasteiger charge is 2.61. The molecule has 12 heteroatoms. The lowest BCUT2D eigenvalue weighted by Crippen LogP contribution is -2.67. The predicted molar refractivity (Wildman–Crippen MR) is 149 cm³/mol. The number of carbonyl (C=O) groups excluding carboxylic acids is 4. The van der Waals surface area contributed by atoms with Crippen molar-refractivity contribution in [2.24, 2.45) is 0 Å². The van der Waals surface area contributed by atoms with Crippen LogP contribution in [0.3, 0.4) is 0 Å². The minimum atomic E-state index is -1.91. The van der Waals surface area contributed by atoms with Crippen LogP contribution in [-0.2, 0) is 59.8 Å². The second-order valence-electron chi connectivity index (χ2n) is 9.57. The van der Waals surface area contributed by atoms with E-state index in [1.807, 2.05) is 31.2 Å². The molecule has 0 aromatic heterocycles. The molecule has 0 spiro atoms. The maximum atomic E-state index is 12.4. The first-order valence-corrected chi connectivity index (χ1v) is 13.7. The number of ether oxygens (including phenoxy) is 7. The van der Waals surface area contributed by atoms with Gasteiger partial charge in [-0.25, -0.2) is 0 Å². The van der Waals surface area contributed by atoms with Crippen LogP contribution in [0.25, 0.3) is 0 Å². The van der Waals surface area contributed by atoms with Crippen molar-refractivity contribution in [3.63, 3.8) is 0 Å². The summed E-state index contributed by atoms with van der Waals surface area (Å²) in [6.45, 7) is 6.72. The standard InChI is InChI=1S/C30H35ClO11/c1-7-37-24-11-8-21(9-12-24)14-22-15-23(10-13-25(22)31)30(36-6)29(41-20(5)35)28(40-19(4)34)27(39-18(3)33)26(42-30)16-38-17(2)32/h8-13,15,26-29H,7,14,16H2,1-6H3/t26-,27-,28+,29-,30+/m1/s1. The largest absolute Gasteiger partial charge is 0.494 e. The Morgan fingerprint density at radius 1 is 0.857 bits per heavy atom. The van der Waals surface area contributed by atoms with E-state index >= 15 is 0 Å². The summed E-state index contributed by atoms with van der Waals surface area (Å²) in [5, 5.41) is 0.449. The Kier molecular flexibility index (Phi) is 11.3. The lowest BCUT2D eigenvalue weighted by Gasteiger charge is -2.50. The van der Waals surface area contributed by atoms with Crippen molar-refractivity contribution in [3.05, 3.63) is 64.2 Å². The van der Waals surface area contributed by atoms with E-state index in [0.717, 1.165) is 32.1 Å². The molecule has 0 aliphatic carbocycles. The van der Waals surface area contributed by atoms with E-state index in [-0.39, 0.29) is 0 Å². The molecule has 1 heterocycles. The van der Waals surface area contributed by atoms with Crippen molar-refractivity contribution < 1.29 is 52.3 Å². The second-order valence-corrected chi connectivity index (χ2v) is 9.98. The molecule has 0 unspecified atom stereocenters. The van der Waals surface area contributed by atoms with Gasteiger partial charge in [0, 0.05) is 45.4 Å². The van der Waals surface area contributed by atoms with Crippen LogP contribution >= 0.6 is 11.6 Å². The van der Waals surface area contributed by atoms with Crippen LogP contribution in [0.15, 0.2) is 42.5 Å². The fraction of sp³-hybridized carbons (Fsp3) is 0.467. The zero-order chi connectivity index (χ0) is 31.0. The Bertz CT molecular complexity index is 1280. The maximum absolute atomic E-state index is 12.4. The average Bonchev–Trinajstić information content (AvgIpc) is 2.92. The molecule has 2 aromatic carbocycles. The molecule has 3 rings (SSSR count). The van der Waals surface area contributed by atoms with Gasteiger partial charge < -0.3 is 33.2 Å². The Balaban J connectivity index is 2.15. The number of hydrogen-bond acceptors (Lipinski definition) is 11. The first-order chi connectivity index (χ1) is 19.9. The monoisotopic (exact) mass is 606 g/mol. The second kappa shape index (κ2) is 14.5. The maximum Gasteiger partial charge on any atom is 0.303 e. The van der Waals surface area contributed by atoms with Gasteiger partial charge in [-0.05, 0) is 48.7 Å². The number of carbonyl (C=O) groups is 4. The summed E-state index contributed by atoms with van der Waals surface area (Å²) in [6.07, 6.45) is -4.97. The highest BCUT2D eigenvalue weighted by molar-refractivity contribution is 6.31. The van der Waals surface area contributed by atoms with Gasteiger partial charge in [0.05, 0.1) is 6.61 Å². The smallest absolute Gasteiger partial charge is 0.303 e. The molecule has 1 aliphatic rings. The van der Waals surface area contributed by atoms with Crippen LogP contribution in [0, 0.1) is 0 Å². The minimum Gasteiger partial charge on any atom is -0.494 e. The Hall–Kier alpha value is -3.67. The summed E-state index contributed by atoms with van der Waals surface area (Å²) in [6, 6.07) is 12.5. The molecule has 2 aromatic rings. The van der Waals surface area contributed by atoms with Crippen molar-refractivity contribution in [1.82, 2.24) is 0 Å². The first kappa shape index (κ1) is 32.8. The van der Waals surface area contributed by atoms with Crippen molar-refractivity contribution in [3.8, 4) is 5.75 Å². The van der Waals surface area contributed by atoms with Crippen LogP contribution < -0.4 is 4.74 Å². The molecule has 228 valence electrons. The first-order valence-electron chi connectivity index (χ1n) is 13.3. The zero-order valence-corrected chi connectivity index (χ0v) is 25.1. The lowest BCUT2D eigenvalue weighted by atomic mass is 9.86. The third-order valence-corrected chi connectivity index (χ3v) is 6.79. The molecule has 5 atom stereocenters. The molecule has 42 heavy (non-hydrogen) atoms. The van der Waals surface area contributed by atoms with E-state index in [9.17, 15) is 19.2 Å². The van der Waals surface area contributed by atoms with Crippen molar-refractivity contribution in [2.75, 3.05) is 20.3 Å². The van der Waals surface area contributed by atoms with Gasteiger partial charge in [0.25, 0.3) is 0 Å². The van der Waals surface area contributed by atoms with Gasteiger partial charge in [0.1, 0.15) is 18.5 Å². The average molecular weight is 607 g/mol. The molecular formula is C30H35ClO11. The number of hydrogen-bond donors (Lipinski definition) is 0. The van der Waals surface area contributed by atoms with E-state index < -0.39 is 60.7 Å². The third-order valence-electron chi connectivity index (χ3n) is 6.42. The van der Waals surface area contributed by atoms with Gasteiger partial charge in [-0.2, -0.15) is 0 Å². The molecule has 0 amide bonds. The molecule has 0 radical (unpaired) electrons. The fourth-order valence-corrected chi connectivity index (χ4v) is 4.98. The Morgan fingerprint density at radius 3 is 2.02 bits per heavy atom. The summed E-state index contributed by atoms with van der Waals surface area (Å²) in [5.41, 5.74) is 1.97. The van der Waals surface area contributed by atoms with Gasteiger partial charge in [0.2, 0.25) is 11.9 Å². The number of esters is 4. The Labute approximate surface area is 249 Å². The normalized spacial score (nSPS) is 23.4. The quantitative estimate of drug-likeness (QED) is 0.272. The Morgan fingerprint density at radius 2 is 1.48 bits per heavy atom. The molecule has 0 N–H and O–H groups in total. The molecule has 0 bridgehead atoms. The van der Waals surface area contributed by atoms with Crippen molar-refractivity contribution in [1.29, 1.82) is 0 Å². The number of rotatable bonds is 11. The van der Waals surface area contributed by atoms with Crippen LogP contribution in [0.4, 0.5) is 0 Å². The van der Waals surface area contributed by atoms with E-state index in [2.05, 4.69) is 0 Å². The van der Waals surface area contributed by atoms with Crippen LogP contribution in [0.1, 0.15) is 51.3 Å². The molecule has 1 saturated heterocycles. The number of methoxy groups -OCH3 is 1. The molecule has 11 nitrogen and oxygen atoms in total. The van der Waals surface area contributed by atoms with Crippen LogP contribution in [0.2, 0.25) is 5.02 Å². The summed E-state index contributed by atoms with van der Waals surface area (Å²) in [5.74, 6) is -4.03. The van der Waals surface area contributed by atoms with Crippen molar-refractivity contribution >= 4 is 35.5 Å². The zero-order valence-electron chi connectivity index (χ0n) is 24.3. The minimum absolute atomic E-state index is 0.354. The van der Waals surface area contributed by atoms with E-state index in [1.54, 1.807) is 18.2 Å². The lowest BCUT2D eigenvalue weighted by molar-refractivity contribution is -0.367. The van der Waals surface area contributed by atoms with Crippen LogP contribution in [0.5, 0.6) is 5.75 Å². The third kappa shape index (κ3) is 7.99. The molecular weight excluding hydrogens is 572 g/mol. The van der Waals surface area contributed by atoms with Gasteiger partial charge in [-0.15, -0.1) is 0 Å². The number of benzene rings is 2. The van der Waals surface area contributed by atoms with Gasteiger partial charge >= 0.3 is 23.9 Å². The fourth-order valence-electron chi connectivity index (χ4n) is 4.80. The SMILES string of the molecule is CCOc1ccc(Cc2cc([C@]3(OC)O[C@H](COC(C)=O)[C@@H](OC(C)=O)[C@H](OC(C)=O)[C@H]3OC(C)=O)ccc2Cl)cc1. The molecule has 0 saturated carbocycles. The summed E-state index contributed by atoms with van der Waals surface area (Å²) in [7, 11) is 1.32. The molecule has 1 fully saturated rings. The number of halogens is 1. The summed E-state index contributed by atoms with van der Waals surface area (Å²) < 4.78 is 39.8. The predicted octanol–water partition coefficient (Wildman–Crippen LogP) is 3.89. The van der Waals surface area contributed by atoms with Crippen LogP contribution in [-0.4, -0.2) is 68.6 Å². The van der Waals surface area contributed by atoms with Gasteiger partial charge in [-0.1, -0.05) is 29.8 Å². The van der Waals surface area contributed by atoms with E-state index in [4.69, 9.17) is 44.8 Å². The summed E-state index contributed by atoms with van der Waals surface area (Å²) >= 11 is 6.59.